The first-order valence-corrected chi connectivity index (χ1v) is 12.1. The van der Waals surface area contributed by atoms with Crippen molar-refractivity contribution in [1.29, 1.82) is 0 Å². The Hall–Kier alpha value is -0.960. The summed E-state index contributed by atoms with van der Waals surface area (Å²) >= 11 is 0. The van der Waals surface area contributed by atoms with Gasteiger partial charge >= 0.3 is 0 Å². The molecule has 0 aromatic rings. The number of unbranched alkanes of at least 4 members (excludes halogenated alkanes) is 6. The van der Waals surface area contributed by atoms with Crippen LogP contribution in [0.25, 0.3) is 0 Å². The van der Waals surface area contributed by atoms with Crippen LogP contribution in [0.1, 0.15) is 110 Å². The minimum Gasteiger partial charge on any atom is -0.481 e. The van der Waals surface area contributed by atoms with Crippen LogP contribution in [-0.4, -0.2) is 18.0 Å². The Balaban J connectivity index is 1.52. The Morgan fingerprint density at radius 2 is 1.68 bits per heavy atom. The van der Waals surface area contributed by atoms with Crippen molar-refractivity contribution in [2.24, 2.45) is 11.8 Å². The van der Waals surface area contributed by atoms with Crippen LogP contribution in [0.15, 0.2) is 24.2 Å². The van der Waals surface area contributed by atoms with E-state index in [9.17, 15) is 5.11 Å². The first-order valence-electron chi connectivity index (χ1n) is 12.1. The average Bonchev–Trinajstić information content (AvgIpc) is 3.15. The van der Waals surface area contributed by atoms with Crippen LogP contribution in [0.2, 0.25) is 0 Å². The maximum Gasteiger partial charge on any atom is 0.278 e. The monoisotopic (exact) mass is 392 g/mol. The lowest BCUT2D eigenvalue weighted by Crippen LogP contribution is -2.21. The van der Waals surface area contributed by atoms with Crippen LogP contribution in [0, 0.1) is 11.8 Å². The first-order chi connectivity index (χ1) is 13.8. The van der Waals surface area contributed by atoms with E-state index in [4.69, 9.17) is 9.47 Å². The Morgan fingerprint density at radius 3 is 2.43 bits per heavy atom. The quantitative estimate of drug-likeness (QED) is 0.186. The maximum atomic E-state index is 9.82. The van der Waals surface area contributed by atoms with Gasteiger partial charge in [0.25, 0.3) is 5.95 Å². The van der Waals surface area contributed by atoms with Crippen molar-refractivity contribution < 1.29 is 14.6 Å². The Labute approximate surface area is 173 Å². The van der Waals surface area contributed by atoms with Crippen LogP contribution in [0.4, 0.5) is 0 Å². The van der Waals surface area contributed by atoms with Gasteiger partial charge in [-0.15, -0.1) is 0 Å². The minimum atomic E-state index is -0.274. The largest absolute Gasteiger partial charge is 0.481 e. The molecule has 2 fully saturated rings. The highest BCUT2D eigenvalue weighted by molar-refractivity contribution is 5.03. The van der Waals surface area contributed by atoms with Crippen LogP contribution in [0.5, 0.6) is 0 Å². The molecule has 3 nitrogen and oxygen atoms in total. The van der Waals surface area contributed by atoms with Gasteiger partial charge in [0.15, 0.2) is 0 Å². The van der Waals surface area contributed by atoms with Gasteiger partial charge in [0.1, 0.15) is 0 Å². The zero-order valence-corrected chi connectivity index (χ0v) is 18.2. The molecule has 1 heterocycles. The van der Waals surface area contributed by atoms with E-state index in [1.54, 1.807) is 6.08 Å². The van der Waals surface area contributed by atoms with E-state index in [0.29, 0.717) is 0 Å². The topological polar surface area (TPSA) is 38.7 Å². The van der Waals surface area contributed by atoms with Crippen molar-refractivity contribution in [3.8, 4) is 0 Å². The highest BCUT2D eigenvalue weighted by atomic mass is 16.7. The van der Waals surface area contributed by atoms with Crippen molar-refractivity contribution in [2.45, 2.75) is 116 Å². The van der Waals surface area contributed by atoms with Gasteiger partial charge in [-0.1, -0.05) is 83.3 Å². The molecule has 3 heteroatoms. The second-order valence-corrected chi connectivity index (χ2v) is 8.79. The van der Waals surface area contributed by atoms with Gasteiger partial charge in [0.2, 0.25) is 6.29 Å². The van der Waals surface area contributed by atoms with Crippen molar-refractivity contribution in [3.63, 3.8) is 0 Å². The molecule has 1 saturated heterocycles. The predicted octanol–water partition coefficient (Wildman–Crippen LogP) is 7.82. The van der Waals surface area contributed by atoms with Gasteiger partial charge in [0, 0.05) is 12.5 Å². The van der Waals surface area contributed by atoms with Crippen molar-refractivity contribution in [2.75, 3.05) is 6.61 Å². The van der Waals surface area contributed by atoms with E-state index in [-0.39, 0.29) is 12.2 Å². The first kappa shape index (κ1) is 23.3. The van der Waals surface area contributed by atoms with Crippen molar-refractivity contribution in [1.82, 2.24) is 0 Å². The summed E-state index contributed by atoms with van der Waals surface area (Å²) < 4.78 is 10.9. The highest BCUT2D eigenvalue weighted by Gasteiger charge is 2.25. The highest BCUT2D eigenvalue weighted by Crippen LogP contribution is 2.38. The van der Waals surface area contributed by atoms with E-state index >= 15 is 0 Å². The minimum absolute atomic E-state index is 0.0297. The van der Waals surface area contributed by atoms with Crippen molar-refractivity contribution >= 4 is 0 Å². The Morgan fingerprint density at radius 1 is 0.929 bits per heavy atom. The van der Waals surface area contributed by atoms with Gasteiger partial charge in [0.05, 0.1) is 6.61 Å². The average molecular weight is 393 g/mol. The third-order valence-electron chi connectivity index (χ3n) is 6.46. The van der Waals surface area contributed by atoms with Gasteiger partial charge in [-0.2, -0.15) is 0 Å². The fraction of sp³-hybridized carbons (Fsp3) is 0.840. The molecule has 1 saturated carbocycles. The van der Waals surface area contributed by atoms with Gasteiger partial charge in [-0.25, -0.2) is 0 Å². The molecule has 28 heavy (non-hydrogen) atoms. The second-order valence-electron chi connectivity index (χ2n) is 8.79. The molecule has 3 atom stereocenters. The third kappa shape index (κ3) is 10.0. The number of hydrogen-bond acceptors (Lipinski definition) is 3. The smallest absolute Gasteiger partial charge is 0.278 e. The lowest BCUT2D eigenvalue weighted by molar-refractivity contribution is -0.160. The second kappa shape index (κ2) is 15.0. The van der Waals surface area contributed by atoms with Crippen LogP contribution < -0.4 is 0 Å². The van der Waals surface area contributed by atoms with E-state index in [2.05, 4.69) is 13.0 Å². The molecule has 0 aromatic carbocycles. The van der Waals surface area contributed by atoms with Crippen LogP contribution >= 0.6 is 0 Å². The number of hydrogen-bond donors (Lipinski definition) is 1. The van der Waals surface area contributed by atoms with Gasteiger partial charge in [-0.05, 0) is 43.9 Å². The molecule has 0 spiro atoms. The summed E-state index contributed by atoms with van der Waals surface area (Å²) in [5.41, 5.74) is 0. The number of aliphatic hydroxyl groups is 1. The fourth-order valence-electron chi connectivity index (χ4n) is 4.78. The fourth-order valence-corrected chi connectivity index (χ4v) is 4.78. The molecule has 1 unspecified atom stereocenters. The zero-order valence-electron chi connectivity index (χ0n) is 18.2. The van der Waals surface area contributed by atoms with Gasteiger partial charge in [-0.3, -0.25) is 0 Å². The van der Waals surface area contributed by atoms with E-state index < -0.39 is 0 Å². The van der Waals surface area contributed by atoms with Crippen LogP contribution in [-0.2, 0) is 9.47 Å². The molecule has 2 rings (SSSR count). The summed E-state index contributed by atoms with van der Waals surface area (Å²) in [6.07, 6.45) is 26.5. The number of aliphatic hydroxyl groups excluding tert-OH is 1. The lowest BCUT2D eigenvalue weighted by Gasteiger charge is -2.22. The summed E-state index contributed by atoms with van der Waals surface area (Å²) in [5.74, 6) is 1.92. The molecule has 1 aliphatic heterocycles. The third-order valence-corrected chi connectivity index (χ3v) is 6.46. The molecule has 0 aromatic heterocycles. The van der Waals surface area contributed by atoms with E-state index in [1.807, 2.05) is 6.08 Å². The summed E-state index contributed by atoms with van der Waals surface area (Å²) in [5, 5.41) is 9.82. The molecule has 2 aliphatic rings. The molecule has 0 radical (unpaired) electrons. The summed E-state index contributed by atoms with van der Waals surface area (Å²) in [7, 11) is 0. The molecular weight excluding hydrogens is 348 g/mol. The van der Waals surface area contributed by atoms with E-state index in [1.165, 1.54) is 77.0 Å². The summed E-state index contributed by atoms with van der Waals surface area (Å²) in [6.45, 7) is 3.02. The zero-order chi connectivity index (χ0) is 19.9. The standard InChI is InChI=1S/C25H44O3/c1-2-3-4-5-6-9-15-22-17-14-18-23(22)16-10-7-8-11-19-24(26)28-25-20-12-13-21-27-25/h8,11,19,22-23,25-26H,2-7,9-10,12-18,20-21H2,1H3/t22-,23-,25?/m0/s1. The van der Waals surface area contributed by atoms with Gasteiger partial charge < -0.3 is 14.6 Å². The summed E-state index contributed by atoms with van der Waals surface area (Å²) in [6, 6.07) is 0. The molecule has 1 N–H and O–H groups in total. The predicted molar refractivity (Wildman–Crippen MR) is 117 cm³/mol. The molecule has 0 amide bonds. The van der Waals surface area contributed by atoms with Crippen molar-refractivity contribution in [3.05, 3.63) is 24.2 Å². The Kier molecular flexibility index (Phi) is 12.5. The number of allylic oxidation sites excluding steroid dienone is 3. The molecule has 1 aliphatic carbocycles. The van der Waals surface area contributed by atoms with Crippen LogP contribution in [0.3, 0.4) is 0 Å². The normalized spacial score (nSPS) is 26.2. The molecule has 0 bridgehead atoms. The molecule has 162 valence electrons. The SMILES string of the molecule is CCCCCCCC[C@H]1CCC[C@@H]1CCCC=CC=C(O)OC1CCCCO1. The lowest BCUT2D eigenvalue weighted by atomic mass is 9.87. The molecular formula is C25H44O3. The van der Waals surface area contributed by atoms with E-state index in [0.717, 1.165) is 44.1 Å². The summed E-state index contributed by atoms with van der Waals surface area (Å²) in [4.78, 5) is 0. The maximum absolute atomic E-state index is 9.82. The number of rotatable bonds is 14. The number of ether oxygens (including phenoxy) is 2. The Bertz CT molecular complexity index is 437.